The first-order valence-corrected chi connectivity index (χ1v) is 4.20. The average Bonchev–Trinajstić information content (AvgIpc) is 2.02. The molecule has 1 rings (SSSR count). The molecule has 14 heavy (non-hydrogen) atoms. The van der Waals surface area contributed by atoms with Crippen LogP contribution in [0.25, 0.3) is 0 Å². The fourth-order valence-corrected chi connectivity index (χ4v) is 1.63. The quantitative estimate of drug-likeness (QED) is 0.428. The van der Waals surface area contributed by atoms with Crippen LogP contribution < -0.4 is 11.1 Å². The first-order chi connectivity index (χ1) is 6.49. The van der Waals surface area contributed by atoms with Gasteiger partial charge in [0.25, 0.3) is 5.69 Å². The summed E-state index contributed by atoms with van der Waals surface area (Å²) in [4.78, 5) is 10.3. The van der Waals surface area contributed by atoms with Gasteiger partial charge in [-0.15, -0.1) is 0 Å². The van der Waals surface area contributed by atoms with Crippen LogP contribution in [0.1, 0.15) is 11.1 Å². The lowest BCUT2D eigenvalue weighted by atomic mass is 10.1. The molecule has 0 aliphatic heterocycles. The van der Waals surface area contributed by atoms with Gasteiger partial charge in [-0.1, -0.05) is 0 Å². The number of anilines is 2. The van der Waals surface area contributed by atoms with Gasteiger partial charge in [-0.3, -0.25) is 10.1 Å². The predicted octanol–water partition coefficient (Wildman–Crippen LogP) is 1.84. The topological polar surface area (TPSA) is 81.2 Å². The lowest BCUT2D eigenvalue weighted by molar-refractivity contribution is -0.384. The van der Waals surface area contributed by atoms with Crippen molar-refractivity contribution in [3.8, 4) is 0 Å². The summed E-state index contributed by atoms with van der Waals surface area (Å²) >= 11 is 0. The SMILES string of the molecule is CNc1c(C)cc(N)c([N+](=O)[O-])c1C. The molecule has 0 radical (unpaired) electrons. The van der Waals surface area contributed by atoms with Gasteiger partial charge in [0.15, 0.2) is 0 Å². The standard InChI is InChI=1S/C9H13N3O2/c1-5-4-7(10)9(12(13)14)6(2)8(5)11-3/h4,11H,10H2,1-3H3. The molecule has 3 N–H and O–H groups in total. The summed E-state index contributed by atoms with van der Waals surface area (Å²) in [6, 6.07) is 1.61. The van der Waals surface area contributed by atoms with Crippen molar-refractivity contribution < 1.29 is 4.92 Å². The second-order valence-corrected chi connectivity index (χ2v) is 3.14. The molecule has 0 aliphatic rings. The number of hydrogen-bond acceptors (Lipinski definition) is 4. The Balaban J connectivity index is 3.52. The maximum Gasteiger partial charge on any atom is 0.297 e. The molecule has 76 valence electrons. The van der Waals surface area contributed by atoms with E-state index in [0.29, 0.717) is 5.56 Å². The van der Waals surface area contributed by atoms with Crippen LogP contribution in [0.5, 0.6) is 0 Å². The third kappa shape index (κ3) is 1.48. The van der Waals surface area contributed by atoms with Gasteiger partial charge < -0.3 is 11.1 Å². The number of nitro groups is 1. The van der Waals surface area contributed by atoms with Crippen LogP contribution in [0.3, 0.4) is 0 Å². The lowest BCUT2D eigenvalue weighted by Gasteiger charge is -2.10. The highest BCUT2D eigenvalue weighted by Crippen LogP contribution is 2.33. The first kappa shape index (κ1) is 10.3. The number of nitrogen functional groups attached to an aromatic ring is 1. The molecule has 0 fully saturated rings. The highest BCUT2D eigenvalue weighted by atomic mass is 16.6. The second kappa shape index (κ2) is 3.53. The van der Waals surface area contributed by atoms with E-state index in [4.69, 9.17) is 5.73 Å². The summed E-state index contributed by atoms with van der Waals surface area (Å²) in [7, 11) is 1.73. The zero-order valence-electron chi connectivity index (χ0n) is 8.42. The molecule has 1 aromatic rings. The summed E-state index contributed by atoms with van der Waals surface area (Å²) in [5.74, 6) is 0. The summed E-state index contributed by atoms with van der Waals surface area (Å²) in [5.41, 5.74) is 8.03. The number of aryl methyl sites for hydroxylation is 1. The van der Waals surface area contributed by atoms with Crippen molar-refractivity contribution in [2.24, 2.45) is 0 Å². The molecule has 0 aromatic heterocycles. The Morgan fingerprint density at radius 2 is 2.07 bits per heavy atom. The van der Waals surface area contributed by atoms with Crippen LogP contribution in [-0.4, -0.2) is 12.0 Å². The Kier molecular flexibility index (Phi) is 2.60. The van der Waals surface area contributed by atoms with E-state index in [1.54, 1.807) is 20.0 Å². The van der Waals surface area contributed by atoms with E-state index in [2.05, 4.69) is 5.32 Å². The summed E-state index contributed by atoms with van der Waals surface area (Å²) in [5, 5.41) is 13.6. The van der Waals surface area contributed by atoms with Gasteiger partial charge in [0.2, 0.25) is 0 Å². The summed E-state index contributed by atoms with van der Waals surface area (Å²) < 4.78 is 0. The van der Waals surface area contributed by atoms with Crippen LogP contribution in [0.15, 0.2) is 6.07 Å². The van der Waals surface area contributed by atoms with Crippen molar-refractivity contribution in [3.63, 3.8) is 0 Å². The van der Waals surface area contributed by atoms with Gasteiger partial charge in [-0.25, -0.2) is 0 Å². The van der Waals surface area contributed by atoms with Crippen molar-refractivity contribution in [1.82, 2.24) is 0 Å². The van der Waals surface area contributed by atoms with Crippen molar-refractivity contribution in [3.05, 3.63) is 27.3 Å². The van der Waals surface area contributed by atoms with Gasteiger partial charge in [-0.2, -0.15) is 0 Å². The molecule has 1 aromatic carbocycles. The molecular weight excluding hydrogens is 182 g/mol. The van der Waals surface area contributed by atoms with Crippen LogP contribution in [0.4, 0.5) is 17.1 Å². The molecule has 0 unspecified atom stereocenters. The number of nitro benzene ring substituents is 1. The average molecular weight is 195 g/mol. The smallest absolute Gasteiger partial charge is 0.297 e. The zero-order chi connectivity index (χ0) is 10.9. The predicted molar refractivity (Wildman–Crippen MR) is 56.5 cm³/mol. The van der Waals surface area contributed by atoms with Gasteiger partial charge in [-0.05, 0) is 25.5 Å². The van der Waals surface area contributed by atoms with Crippen molar-refractivity contribution in [2.45, 2.75) is 13.8 Å². The minimum atomic E-state index is -0.453. The number of benzene rings is 1. The summed E-state index contributed by atoms with van der Waals surface area (Å²) in [6.07, 6.45) is 0. The first-order valence-electron chi connectivity index (χ1n) is 4.20. The van der Waals surface area contributed by atoms with Crippen molar-refractivity contribution >= 4 is 17.1 Å². The van der Waals surface area contributed by atoms with E-state index in [-0.39, 0.29) is 11.4 Å². The Bertz CT molecular complexity index is 388. The van der Waals surface area contributed by atoms with Crippen LogP contribution in [0, 0.1) is 24.0 Å². The monoisotopic (exact) mass is 195 g/mol. The molecule has 0 spiro atoms. The molecule has 0 saturated carbocycles. The lowest BCUT2D eigenvalue weighted by Crippen LogP contribution is -2.03. The molecule has 5 heteroatoms. The minimum absolute atomic E-state index is 0.0139. The Morgan fingerprint density at radius 3 is 2.50 bits per heavy atom. The molecular formula is C9H13N3O2. The fraction of sp³-hybridized carbons (Fsp3) is 0.333. The maximum absolute atomic E-state index is 10.7. The number of nitrogens with two attached hydrogens (primary N) is 1. The third-order valence-corrected chi connectivity index (χ3v) is 2.20. The van der Waals surface area contributed by atoms with Crippen molar-refractivity contribution in [1.29, 1.82) is 0 Å². The van der Waals surface area contributed by atoms with E-state index in [0.717, 1.165) is 11.3 Å². The Morgan fingerprint density at radius 1 is 1.50 bits per heavy atom. The highest BCUT2D eigenvalue weighted by Gasteiger charge is 2.19. The molecule has 0 saturated heterocycles. The van der Waals surface area contributed by atoms with Gasteiger partial charge in [0.1, 0.15) is 5.69 Å². The highest BCUT2D eigenvalue weighted by molar-refractivity contribution is 5.74. The van der Waals surface area contributed by atoms with Gasteiger partial charge in [0.05, 0.1) is 10.5 Å². The van der Waals surface area contributed by atoms with E-state index < -0.39 is 4.92 Å². The molecule has 0 heterocycles. The second-order valence-electron chi connectivity index (χ2n) is 3.14. The van der Waals surface area contributed by atoms with E-state index >= 15 is 0 Å². The molecule has 0 atom stereocenters. The maximum atomic E-state index is 10.7. The van der Waals surface area contributed by atoms with E-state index in [9.17, 15) is 10.1 Å². The summed E-state index contributed by atoms with van der Waals surface area (Å²) in [6.45, 7) is 3.55. The number of nitrogens with one attached hydrogen (secondary N) is 1. The zero-order valence-corrected chi connectivity index (χ0v) is 8.42. The van der Waals surface area contributed by atoms with Crippen LogP contribution >= 0.6 is 0 Å². The Hall–Kier alpha value is -1.78. The van der Waals surface area contributed by atoms with Crippen LogP contribution in [0.2, 0.25) is 0 Å². The van der Waals surface area contributed by atoms with Gasteiger partial charge >= 0.3 is 0 Å². The van der Waals surface area contributed by atoms with Crippen LogP contribution in [-0.2, 0) is 0 Å². The molecule has 0 amide bonds. The van der Waals surface area contributed by atoms with E-state index in [1.165, 1.54) is 0 Å². The molecule has 0 aliphatic carbocycles. The van der Waals surface area contributed by atoms with Gasteiger partial charge in [0, 0.05) is 12.7 Å². The number of rotatable bonds is 2. The normalized spacial score (nSPS) is 9.93. The minimum Gasteiger partial charge on any atom is -0.393 e. The molecule has 5 nitrogen and oxygen atoms in total. The largest absolute Gasteiger partial charge is 0.393 e. The fourth-order valence-electron chi connectivity index (χ4n) is 1.63. The third-order valence-electron chi connectivity index (χ3n) is 2.20. The van der Waals surface area contributed by atoms with Crippen molar-refractivity contribution in [2.75, 3.05) is 18.1 Å². The number of nitrogens with zero attached hydrogens (tertiary/aromatic N) is 1. The molecule has 0 bridgehead atoms. The van der Waals surface area contributed by atoms with E-state index in [1.807, 2.05) is 6.92 Å². The number of hydrogen-bond donors (Lipinski definition) is 2. The Labute approximate surface area is 82.1 Å².